The lowest BCUT2D eigenvalue weighted by Crippen LogP contribution is -2.31. The molecule has 0 saturated heterocycles. The van der Waals surface area contributed by atoms with Gasteiger partial charge in [-0.25, -0.2) is 0 Å². The Morgan fingerprint density at radius 1 is 1.27 bits per heavy atom. The molecule has 1 aliphatic carbocycles. The highest BCUT2D eigenvalue weighted by molar-refractivity contribution is 5.79. The van der Waals surface area contributed by atoms with Gasteiger partial charge in [-0.1, -0.05) is 12.1 Å². The van der Waals surface area contributed by atoms with Crippen molar-refractivity contribution in [1.82, 2.24) is 5.32 Å². The smallest absolute Gasteiger partial charge is 0.224 e. The number of aryl methyl sites for hydroxylation is 1. The second-order valence-corrected chi connectivity index (χ2v) is 6.03. The molecule has 2 aromatic rings. The van der Waals surface area contributed by atoms with Crippen LogP contribution in [0, 0.1) is 0 Å². The van der Waals surface area contributed by atoms with Crippen LogP contribution in [0.1, 0.15) is 41.3 Å². The van der Waals surface area contributed by atoms with Crippen LogP contribution in [-0.2, 0) is 24.1 Å². The quantitative estimate of drug-likeness (QED) is 0.947. The van der Waals surface area contributed by atoms with Crippen LogP contribution in [0.15, 0.2) is 34.9 Å². The number of fused-ring (bicyclic) bond motifs is 2. The van der Waals surface area contributed by atoms with Crippen molar-refractivity contribution < 1.29 is 13.9 Å². The summed E-state index contributed by atoms with van der Waals surface area (Å²) in [5.41, 5.74) is 3.40. The molecule has 4 heteroatoms. The normalized spacial score (nSPS) is 19.2. The fraction of sp³-hybridized carbons (Fsp3) is 0.389. The van der Waals surface area contributed by atoms with Gasteiger partial charge in [0, 0.05) is 18.4 Å². The molecular weight excluding hydrogens is 278 g/mol. The zero-order valence-electron chi connectivity index (χ0n) is 12.4. The van der Waals surface area contributed by atoms with E-state index in [1.165, 1.54) is 5.56 Å². The molecule has 0 unspecified atom stereocenters. The van der Waals surface area contributed by atoms with Crippen LogP contribution in [0.25, 0.3) is 0 Å². The molecule has 1 N–H and O–H groups in total. The van der Waals surface area contributed by atoms with Gasteiger partial charge in [-0.15, -0.1) is 0 Å². The summed E-state index contributed by atoms with van der Waals surface area (Å²) in [6.45, 7) is 0.746. The maximum absolute atomic E-state index is 12.3. The number of rotatable bonds is 3. The highest BCUT2D eigenvalue weighted by Gasteiger charge is 2.24. The third-order valence-corrected chi connectivity index (χ3v) is 4.51. The molecule has 1 aromatic heterocycles. The Balaban J connectivity index is 1.43. The van der Waals surface area contributed by atoms with Gasteiger partial charge in [-0.2, -0.15) is 0 Å². The zero-order chi connectivity index (χ0) is 14.9. The average molecular weight is 297 g/mol. The summed E-state index contributed by atoms with van der Waals surface area (Å²) in [7, 11) is 0. The lowest BCUT2D eigenvalue weighted by molar-refractivity contribution is -0.121. The molecule has 0 fully saturated rings. The molecule has 114 valence electrons. The summed E-state index contributed by atoms with van der Waals surface area (Å²) in [5, 5.41) is 3.15. The van der Waals surface area contributed by atoms with Crippen LogP contribution >= 0.6 is 0 Å². The number of furan rings is 1. The minimum absolute atomic E-state index is 0.0675. The highest BCUT2D eigenvalue weighted by Crippen LogP contribution is 2.30. The molecule has 4 nitrogen and oxygen atoms in total. The maximum atomic E-state index is 12.3. The van der Waals surface area contributed by atoms with E-state index in [1.807, 2.05) is 18.2 Å². The number of carbonyl (C=O) groups is 1. The number of ether oxygens (including phenoxy) is 1. The van der Waals surface area contributed by atoms with E-state index in [1.54, 1.807) is 6.26 Å². The van der Waals surface area contributed by atoms with Crippen LogP contribution < -0.4 is 10.1 Å². The summed E-state index contributed by atoms with van der Waals surface area (Å²) >= 11 is 0. The molecule has 4 rings (SSSR count). The molecule has 2 aliphatic rings. The van der Waals surface area contributed by atoms with Crippen LogP contribution in [0.4, 0.5) is 0 Å². The van der Waals surface area contributed by atoms with Gasteiger partial charge in [-0.3, -0.25) is 4.79 Å². The van der Waals surface area contributed by atoms with Crippen molar-refractivity contribution in [2.24, 2.45) is 0 Å². The fourth-order valence-electron chi connectivity index (χ4n) is 3.42. The average Bonchev–Trinajstić information content (AvgIpc) is 3.15. The number of amides is 1. The summed E-state index contributed by atoms with van der Waals surface area (Å²) in [6.07, 6.45) is 6.08. The Morgan fingerprint density at radius 2 is 2.23 bits per heavy atom. The Morgan fingerprint density at radius 3 is 3.18 bits per heavy atom. The van der Waals surface area contributed by atoms with Crippen molar-refractivity contribution in [3.05, 3.63) is 53.0 Å². The molecule has 1 atom stereocenters. The van der Waals surface area contributed by atoms with Gasteiger partial charge in [0.25, 0.3) is 0 Å². The first-order chi connectivity index (χ1) is 10.8. The molecule has 0 radical (unpaired) electrons. The van der Waals surface area contributed by atoms with Gasteiger partial charge in [0.05, 0.1) is 25.3 Å². The van der Waals surface area contributed by atoms with E-state index in [0.29, 0.717) is 6.42 Å². The molecule has 2 heterocycles. The summed E-state index contributed by atoms with van der Waals surface area (Å²) in [6, 6.07) is 8.11. The highest BCUT2D eigenvalue weighted by atomic mass is 16.5. The molecule has 1 aromatic carbocycles. The standard InChI is InChI=1S/C18H19NO3/c20-18(11-12-4-5-16-13(10-12)6-8-21-16)19-15-2-1-3-17-14(15)7-9-22-17/h4-5,7,9-10,15H,1-3,6,8,11H2,(H,19,20)/t15-/m0/s1. The van der Waals surface area contributed by atoms with E-state index in [0.717, 1.165) is 54.9 Å². The van der Waals surface area contributed by atoms with E-state index in [4.69, 9.17) is 9.15 Å². The predicted octanol–water partition coefficient (Wildman–Crippen LogP) is 2.95. The Hall–Kier alpha value is -2.23. The van der Waals surface area contributed by atoms with Gasteiger partial charge in [0.1, 0.15) is 11.5 Å². The van der Waals surface area contributed by atoms with Crippen molar-refractivity contribution in [3.63, 3.8) is 0 Å². The van der Waals surface area contributed by atoms with Gasteiger partial charge >= 0.3 is 0 Å². The van der Waals surface area contributed by atoms with Gasteiger partial charge in [-0.05, 0) is 36.1 Å². The number of benzene rings is 1. The van der Waals surface area contributed by atoms with Crippen LogP contribution in [-0.4, -0.2) is 12.5 Å². The van der Waals surface area contributed by atoms with Gasteiger partial charge in [0.15, 0.2) is 0 Å². The minimum atomic E-state index is 0.0675. The Kier molecular flexibility index (Phi) is 3.37. The number of carbonyl (C=O) groups excluding carboxylic acids is 1. The van der Waals surface area contributed by atoms with Crippen LogP contribution in [0.2, 0.25) is 0 Å². The first-order valence-corrected chi connectivity index (χ1v) is 7.90. The van der Waals surface area contributed by atoms with Crippen molar-refractivity contribution in [2.75, 3.05) is 6.61 Å². The van der Waals surface area contributed by atoms with Crippen molar-refractivity contribution in [1.29, 1.82) is 0 Å². The van der Waals surface area contributed by atoms with E-state index in [9.17, 15) is 4.79 Å². The number of hydrogen-bond acceptors (Lipinski definition) is 3. The Bertz CT molecular complexity index is 704. The van der Waals surface area contributed by atoms with Gasteiger partial charge in [0.2, 0.25) is 5.91 Å². The van der Waals surface area contributed by atoms with Crippen LogP contribution in [0.3, 0.4) is 0 Å². The number of hydrogen-bond donors (Lipinski definition) is 1. The Labute approximate surface area is 129 Å². The molecule has 0 bridgehead atoms. The first-order valence-electron chi connectivity index (χ1n) is 7.90. The molecule has 22 heavy (non-hydrogen) atoms. The molecule has 0 spiro atoms. The van der Waals surface area contributed by atoms with Crippen molar-refractivity contribution in [3.8, 4) is 5.75 Å². The third-order valence-electron chi connectivity index (χ3n) is 4.51. The monoisotopic (exact) mass is 297 g/mol. The van der Waals surface area contributed by atoms with Gasteiger partial charge < -0.3 is 14.5 Å². The summed E-state index contributed by atoms with van der Waals surface area (Å²) in [4.78, 5) is 12.3. The SMILES string of the molecule is O=C(Cc1ccc2c(c1)CCO2)N[C@H]1CCCc2occc21. The zero-order valence-corrected chi connectivity index (χ0v) is 12.4. The van der Waals surface area contributed by atoms with E-state index < -0.39 is 0 Å². The predicted molar refractivity (Wildman–Crippen MR) is 81.9 cm³/mol. The van der Waals surface area contributed by atoms with Crippen molar-refractivity contribution >= 4 is 5.91 Å². The second kappa shape index (κ2) is 5.52. The molecule has 1 aliphatic heterocycles. The minimum Gasteiger partial charge on any atom is -0.493 e. The lowest BCUT2D eigenvalue weighted by atomic mass is 9.93. The molecule has 1 amide bonds. The summed E-state index contributed by atoms with van der Waals surface area (Å²) in [5.74, 6) is 2.05. The molecule has 0 saturated carbocycles. The van der Waals surface area contributed by atoms with E-state index in [-0.39, 0.29) is 11.9 Å². The fourth-order valence-corrected chi connectivity index (χ4v) is 3.42. The largest absolute Gasteiger partial charge is 0.493 e. The molecular formula is C18H19NO3. The van der Waals surface area contributed by atoms with Crippen molar-refractivity contribution in [2.45, 2.75) is 38.1 Å². The maximum Gasteiger partial charge on any atom is 0.224 e. The first kappa shape index (κ1) is 13.4. The lowest BCUT2D eigenvalue weighted by Gasteiger charge is -2.22. The number of nitrogens with one attached hydrogen (secondary N) is 1. The van der Waals surface area contributed by atoms with E-state index >= 15 is 0 Å². The topological polar surface area (TPSA) is 51.5 Å². The summed E-state index contributed by atoms with van der Waals surface area (Å²) < 4.78 is 11.0. The third kappa shape index (κ3) is 2.49. The second-order valence-electron chi connectivity index (χ2n) is 6.03. The van der Waals surface area contributed by atoms with Crippen LogP contribution in [0.5, 0.6) is 5.75 Å². The van der Waals surface area contributed by atoms with E-state index in [2.05, 4.69) is 11.4 Å².